The number of aryl methyl sites for hydroxylation is 3. The lowest BCUT2D eigenvalue weighted by molar-refractivity contribution is 0.667. The van der Waals surface area contributed by atoms with E-state index in [1.54, 1.807) is 32.6 Å². The number of unbranched alkanes of at least 4 members (excludes halogenated alkanes) is 9. The van der Waals surface area contributed by atoms with Crippen LogP contribution in [0.1, 0.15) is 115 Å². The molecular weight excluding hydrogens is 463 g/mol. The van der Waals surface area contributed by atoms with Crippen LogP contribution in [0.15, 0.2) is 72.8 Å². The van der Waals surface area contributed by atoms with Gasteiger partial charge in [-0.2, -0.15) is 0 Å². The highest BCUT2D eigenvalue weighted by Gasteiger charge is 2.23. The third-order valence-corrected chi connectivity index (χ3v) is 10.4. The maximum Gasteiger partial charge on any atom is -0.0119 e. The molecule has 3 aromatic rings. The zero-order valence-corrected chi connectivity index (χ0v) is 24.9. The molecule has 0 saturated carbocycles. The van der Waals surface area contributed by atoms with E-state index in [9.17, 15) is 0 Å². The molecule has 0 amide bonds. The van der Waals surface area contributed by atoms with Gasteiger partial charge in [0.05, 0.1) is 0 Å². The van der Waals surface area contributed by atoms with Gasteiger partial charge in [-0.25, -0.2) is 0 Å². The number of benzene rings is 3. The highest BCUT2D eigenvalue weighted by atomic mass is 31.1. The van der Waals surface area contributed by atoms with Crippen LogP contribution in [0.4, 0.5) is 0 Å². The van der Waals surface area contributed by atoms with Crippen molar-refractivity contribution >= 4 is 23.8 Å². The van der Waals surface area contributed by atoms with Crippen molar-refractivity contribution in [2.75, 3.05) is 0 Å². The maximum atomic E-state index is 2.46. The molecule has 0 atom stereocenters. The first-order chi connectivity index (χ1) is 18.3. The molecule has 0 unspecified atom stereocenters. The van der Waals surface area contributed by atoms with Crippen molar-refractivity contribution in [2.45, 2.75) is 117 Å². The van der Waals surface area contributed by atoms with Crippen LogP contribution in [-0.4, -0.2) is 0 Å². The third-order valence-electron chi connectivity index (χ3n) is 7.60. The maximum absolute atomic E-state index is 2.46. The molecular formula is C36H51P. The quantitative estimate of drug-likeness (QED) is 0.117. The first kappa shape index (κ1) is 29.6. The molecule has 0 nitrogen and oxygen atoms in total. The molecule has 37 heavy (non-hydrogen) atoms. The second-order valence-electron chi connectivity index (χ2n) is 10.7. The summed E-state index contributed by atoms with van der Waals surface area (Å²) in [6, 6.07) is 28.3. The van der Waals surface area contributed by atoms with Gasteiger partial charge in [-0.3, -0.25) is 0 Å². The summed E-state index contributed by atoms with van der Waals surface area (Å²) < 4.78 is 0. The van der Waals surface area contributed by atoms with Crippen molar-refractivity contribution in [1.29, 1.82) is 0 Å². The lowest BCUT2D eigenvalue weighted by Gasteiger charge is -2.27. The van der Waals surface area contributed by atoms with Gasteiger partial charge in [0.2, 0.25) is 0 Å². The van der Waals surface area contributed by atoms with Crippen molar-refractivity contribution in [3.05, 3.63) is 89.5 Å². The minimum Gasteiger partial charge on any atom is -0.0654 e. The van der Waals surface area contributed by atoms with Crippen LogP contribution in [-0.2, 0) is 19.3 Å². The molecule has 3 aromatic carbocycles. The molecule has 0 bridgehead atoms. The second-order valence-corrected chi connectivity index (χ2v) is 12.8. The van der Waals surface area contributed by atoms with E-state index in [-0.39, 0.29) is 0 Å². The standard InChI is InChI=1S/C36H51P/c1-4-7-10-13-22-31-25-16-19-28-34(31)37(35-29-20-17-26-32(35)23-14-11-8-5-2)36-30-21-18-27-33(36)24-15-12-9-6-3/h16-21,25-30H,4-15,22-24H2,1-3H3. The summed E-state index contributed by atoms with van der Waals surface area (Å²) in [6.07, 6.45) is 19.4. The molecule has 200 valence electrons. The van der Waals surface area contributed by atoms with Gasteiger partial charge in [-0.1, -0.05) is 151 Å². The average Bonchev–Trinajstić information content (AvgIpc) is 2.94. The van der Waals surface area contributed by atoms with Crippen LogP contribution in [0.5, 0.6) is 0 Å². The summed E-state index contributed by atoms with van der Waals surface area (Å²) in [7, 11) is -0.582. The lowest BCUT2D eigenvalue weighted by Crippen LogP contribution is -2.27. The van der Waals surface area contributed by atoms with Gasteiger partial charge in [0, 0.05) is 0 Å². The lowest BCUT2D eigenvalue weighted by atomic mass is 10.1. The summed E-state index contributed by atoms with van der Waals surface area (Å²) >= 11 is 0. The highest BCUT2D eigenvalue weighted by Crippen LogP contribution is 2.38. The Labute approximate surface area is 230 Å². The molecule has 0 radical (unpaired) electrons. The molecule has 0 saturated heterocycles. The first-order valence-electron chi connectivity index (χ1n) is 15.3. The summed E-state index contributed by atoms with van der Waals surface area (Å²) in [4.78, 5) is 0. The minimum atomic E-state index is -0.582. The Morgan fingerprint density at radius 2 is 0.676 bits per heavy atom. The van der Waals surface area contributed by atoms with E-state index in [2.05, 4.69) is 93.6 Å². The van der Waals surface area contributed by atoms with Crippen molar-refractivity contribution < 1.29 is 0 Å². The van der Waals surface area contributed by atoms with E-state index < -0.39 is 7.92 Å². The number of hydrogen-bond acceptors (Lipinski definition) is 0. The Morgan fingerprint density at radius 3 is 0.973 bits per heavy atom. The van der Waals surface area contributed by atoms with Crippen LogP contribution in [0.25, 0.3) is 0 Å². The zero-order valence-electron chi connectivity index (χ0n) is 24.0. The van der Waals surface area contributed by atoms with Gasteiger partial charge in [-0.05, 0) is 79.1 Å². The normalized spacial score (nSPS) is 11.4. The Hall–Kier alpha value is -1.91. The van der Waals surface area contributed by atoms with Gasteiger partial charge in [0.15, 0.2) is 0 Å². The second kappa shape index (κ2) is 17.6. The zero-order chi connectivity index (χ0) is 26.1. The van der Waals surface area contributed by atoms with Gasteiger partial charge in [0.25, 0.3) is 0 Å². The molecule has 0 spiro atoms. The van der Waals surface area contributed by atoms with E-state index in [1.807, 2.05) is 0 Å². The van der Waals surface area contributed by atoms with Gasteiger partial charge in [-0.15, -0.1) is 0 Å². The molecule has 0 aliphatic heterocycles. The number of rotatable bonds is 18. The SMILES string of the molecule is CCCCCCc1ccccc1P(c1ccccc1CCCCCC)c1ccccc1CCCCCC. The molecule has 0 heterocycles. The highest BCUT2D eigenvalue weighted by molar-refractivity contribution is 7.80. The van der Waals surface area contributed by atoms with Gasteiger partial charge >= 0.3 is 0 Å². The van der Waals surface area contributed by atoms with Gasteiger partial charge < -0.3 is 0 Å². The molecule has 0 fully saturated rings. The fourth-order valence-corrected chi connectivity index (χ4v) is 8.34. The van der Waals surface area contributed by atoms with E-state index in [0.717, 1.165) is 0 Å². The monoisotopic (exact) mass is 514 g/mol. The Balaban J connectivity index is 2.04. The van der Waals surface area contributed by atoms with Crippen molar-refractivity contribution in [3.63, 3.8) is 0 Å². The Morgan fingerprint density at radius 1 is 0.378 bits per heavy atom. The third kappa shape index (κ3) is 9.41. The van der Waals surface area contributed by atoms with Crippen LogP contribution in [0.2, 0.25) is 0 Å². The fourth-order valence-electron chi connectivity index (χ4n) is 5.44. The van der Waals surface area contributed by atoms with E-state index in [4.69, 9.17) is 0 Å². The van der Waals surface area contributed by atoms with Crippen molar-refractivity contribution in [3.8, 4) is 0 Å². The molecule has 1 heteroatoms. The summed E-state index contributed by atoms with van der Waals surface area (Å²) in [6.45, 7) is 6.92. The average molecular weight is 515 g/mol. The number of hydrogen-bond donors (Lipinski definition) is 0. The molecule has 0 aliphatic rings. The van der Waals surface area contributed by atoms with Crippen LogP contribution in [0, 0.1) is 0 Å². The van der Waals surface area contributed by atoms with E-state index in [0.29, 0.717) is 0 Å². The Bertz CT molecular complexity index is 888. The smallest absolute Gasteiger partial charge is 0.0119 e. The minimum absolute atomic E-state index is 0.582. The largest absolute Gasteiger partial charge is 0.0654 e. The van der Waals surface area contributed by atoms with Crippen LogP contribution in [0.3, 0.4) is 0 Å². The van der Waals surface area contributed by atoms with E-state index >= 15 is 0 Å². The van der Waals surface area contributed by atoms with Crippen LogP contribution >= 0.6 is 7.92 Å². The molecule has 0 aliphatic carbocycles. The topological polar surface area (TPSA) is 0 Å². The van der Waals surface area contributed by atoms with Crippen LogP contribution < -0.4 is 15.9 Å². The van der Waals surface area contributed by atoms with Crippen molar-refractivity contribution in [2.24, 2.45) is 0 Å². The molecule has 0 aromatic heterocycles. The van der Waals surface area contributed by atoms with Gasteiger partial charge in [0.1, 0.15) is 0 Å². The molecule has 3 rings (SSSR count). The summed E-state index contributed by atoms with van der Waals surface area (Å²) in [5.41, 5.74) is 4.73. The Kier molecular flexibility index (Phi) is 14.1. The fraction of sp³-hybridized carbons (Fsp3) is 0.500. The first-order valence-corrected chi connectivity index (χ1v) is 16.7. The predicted molar refractivity (Wildman–Crippen MR) is 169 cm³/mol. The summed E-state index contributed by atoms with van der Waals surface area (Å²) in [5, 5.41) is 4.78. The van der Waals surface area contributed by atoms with E-state index in [1.165, 1.54) is 96.3 Å². The summed E-state index contributed by atoms with van der Waals surface area (Å²) in [5.74, 6) is 0. The molecule has 0 N–H and O–H groups in total. The van der Waals surface area contributed by atoms with Crippen molar-refractivity contribution in [1.82, 2.24) is 0 Å². The predicted octanol–water partition coefficient (Wildman–Crippen LogP) is 9.81.